The van der Waals surface area contributed by atoms with E-state index < -0.39 is 0 Å². The molecule has 106 valence electrons. The maximum Gasteiger partial charge on any atom is 0.169 e. The van der Waals surface area contributed by atoms with E-state index >= 15 is 0 Å². The minimum absolute atomic E-state index is 0.0546. The summed E-state index contributed by atoms with van der Waals surface area (Å²) in [5.41, 5.74) is 6.40. The van der Waals surface area contributed by atoms with Crippen LogP contribution >= 0.6 is 0 Å². The number of ether oxygens (including phenoxy) is 3. The highest BCUT2D eigenvalue weighted by molar-refractivity contribution is 5.64. The van der Waals surface area contributed by atoms with Crippen LogP contribution in [0.15, 0.2) is 28.8 Å². The van der Waals surface area contributed by atoms with Crippen LogP contribution < -0.4 is 15.2 Å². The zero-order valence-corrected chi connectivity index (χ0v) is 11.2. The van der Waals surface area contributed by atoms with Gasteiger partial charge in [0.05, 0.1) is 20.3 Å². The first-order valence-electron chi connectivity index (χ1n) is 6.41. The van der Waals surface area contributed by atoms with Crippen molar-refractivity contribution in [1.29, 1.82) is 0 Å². The Morgan fingerprint density at radius 3 is 2.85 bits per heavy atom. The van der Waals surface area contributed by atoms with Gasteiger partial charge in [0.2, 0.25) is 0 Å². The van der Waals surface area contributed by atoms with Gasteiger partial charge in [-0.2, -0.15) is 0 Å². The molecular weight excluding hydrogens is 260 g/mol. The van der Waals surface area contributed by atoms with Gasteiger partial charge in [-0.25, -0.2) is 0 Å². The van der Waals surface area contributed by atoms with Crippen LogP contribution in [-0.4, -0.2) is 31.6 Å². The maximum absolute atomic E-state index is 5.92. The van der Waals surface area contributed by atoms with Crippen molar-refractivity contribution in [3.8, 4) is 22.8 Å². The Morgan fingerprint density at radius 1 is 1.30 bits per heavy atom. The number of nitrogen functional groups attached to an aromatic ring is 1. The number of aromatic nitrogens is 1. The lowest BCUT2D eigenvalue weighted by atomic mass is 10.1. The molecule has 1 aromatic carbocycles. The molecule has 3 rings (SSSR count). The second-order valence-corrected chi connectivity index (χ2v) is 4.59. The quantitative estimate of drug-likeness (QED) is 0.921. The summed E-state index contributed by atoms with van der Waals surface area (Å²) < 4.78 is 21.7. The molecule has 0 spiro atoms. The summed E-state index contributed by atoms with van der Waals surface area (Å²) in [4.78, 5) is 0. The Labute approximate surface area is 116 Å². The van der Waals surface area contributed by atoms with Crippen LogP contribution in [0.4, 0.5) is 5.82 Å². The lowest BCUT2D eigenvalue weighted by Crippen LogP contribution is -2.16. The predicted octanol–water partition coefficient (Wildman–Crippen LogP) is 2.10. The SMILES string of the molecule is COc1ccc(-c2cc(N)no2)cc1OC1CCOC1. The van der Waals surface area contributed by atoms with Crippen LogP contribution in [0.2, 0.25) is 0 Å². The van der Waals surface area contributed by atoms with Gasteiger partial charge in [0.1, 0.15) is 6.10 Å². The minimum Gasteiger partial charge on any atom is -0.493 e. The smallest absolute Gasteiger partial charge is 0.169 e. The first-order chi connectivity index (χ1) is 9.76. The van der Waals surface area contributed by atoms with Crippen LogP contribution in [0.1, 0.15) is 6.42 Å². The summed E-state index contributed by atoms with van der Waals surface area (Å²) in [6.45, 7) is 1.33. The molecule has 6 nitrogen and oxygen atoms in total. The largest absolute Gasteiger partial charge is 0.493 e. The third-order valence-corrected chi connectivity index (χ3v) is 3.16. The molecule has 0 radical (unpaired) electrons. The van der Waals surface area contributed by atoms with Gasteiger partial charge in [0.25, 0.3) is 0 Å². The van der Waals surface area contributed by atoms with E-state index in [2.05, 4.69) is 5.16 Å². The van der Waals surface area contributed by atoms with Crippen molar-refractivity contribution < 1.29 is 18.7 Å². The van der Waals surface area contributed by atoms with Gasteiger partial charge in [-0.15, -0.1) is 0 Å². The number of hydrogen-bond donors (Lipinski definition) is 1. The minimum atomic E-state index is 0.0546. The number of rotatable bonds is 4. The number of hydrogen-bond acceptors (Lipinski definition) is 6. The van der Waals surface area contributed by atoms with E-state index in [0.717, 1.165) is 18.6 Å². The fourth-order valence-electron chi connectivity index (χ4n) is 2.13. The highest BCUT2D eigenvalue weighted by Crippen LogP contribution is 2.34. The standard InChI is InChI=1S/C14H16N2O4/c1-17-11-3-2-9(12-7-14(15)16-20-12)6-13(11)19-10-4-5-18-8-10/h2-3,6-7,10H,4-5,8H2,1H3,(H2,15,16). The molecule has 0 saturated carbocycles. The third-order valence-electron chi connectivity index (χ3n) is 3.16. The van der Waals surface area contributed by atoms with Crippen molar-refractivity contribution in [2.45, 2.75) is 12.5 Å². The molecule has 1 aliphatic heterocycles. The van der Waals surface area contributed by atoms with E-state index in [1.807, 2.05) is 18.2 Å². The number of nitrogens with two attached hydrogens (primary N) is 1. The molecule has 1 atom stereocenters. The van der Waals surface area contributed by atoms with Gasteiger partial charge in [0.15, 0.2) is 23.1 Å². The van der Waals surface area contributed by atoms with Crippen molar-refractivity contribution in [3.05, 3.63) is 24.3 Å². The van der Waals surface area contributed by atoms with E-state index in [1.165, 1.54) is 0 Å². The average Bonchev–Trinajstić information content (AvgIpc) is 3.10. The second kappa shape index (κ2) is 5.42. The van der Waals surface area contributed by atoms with Crippen molar-refractivity contribution in [1.82, 2.24) is 5.16 Å². The molecule has 0 amide bonds. The van der Waals surface area contributed by atoms with Gasteiger partial charge in [-0.1, -0.05) is 5.16 Å². The summed E-state index contributed by atoms with van der Waals surface area (Å²) in [6, 6.07) is 7.23. The Hall–Kier alpha value is -2.21. The van der Waals surface area contributed by atoms with Crippen molar-refractivity contribution in [2.24, 2.45) is 0 Å². The summed E-state index contributed by atoms with van der Waals surface area (Å²) in [5, 5.41) is 3.68. The molecule has 6 heteroatoms. The molecule has 1 aromatic heterocycles. The Morgan fingerprint density at radius 2 is 2.20 bits per heavy atom. The van der Waals surface area contributed by atoms with Crippen LogP contribution in [0.25, 0.3) is 11.3 Å². The van der Waals surface area contributed by atoms with Crippen molar-refractivity contribution in [3.63, 3.8) is 0 Å². The van der Waals surface area contributed by atoms with E-state index in [-0.39, 0.29) is 6.10 Å². The number of anilines is 1. The molecule has 2 aromatic rings. The van der Waals surface area contributed by atoms with Gasteiger partial charge >= 0.3 is 0 Å². The fraction of sp³-hybridized carbons (Fsp3) is 0.357. The fourth-order valence-corrected chi connectivity index (χ4v) is 2.13. The topological polar surface area (TPSA) is 79.7 Å². The molecule has 1 saturated heterocycles. The molecule has 0 bridgehead atoms. The highest BCUT2D eigenvalue weighted by atomic mass is 16.6. The van der Waals surface area contributed by atoms with E-state index in [1.54, 1.807) is 13.2 Å². The van der Waals surface area contributed by atoms with Crippen LogP contribution in [0.5, 0.6) is 11.5 Å². The van der Waals surface area contributed by atoms with Crippen molar-refractivity contribution >= 4 is 5.82 Å². The summed E-state index contributed by atoms with van der Waals surface area (Å²) >= 11 is 0. The average molecular weight is 276 g/mol. The Balaban J connectivity index is 1.89. The van der Waals surface area contributed by atoms with Gasteiger partial charge in [-0.3, -0.25) is 0 Å². The Kier molecular flexibility index (Phi) is 3.47. The number of benzene rings is 1. The zero-order valence-electron chi connectivity index (χ0n) is 11.2. The molecule has 20 heavy (non-hydrogen) atoms. The number of nitrogens with zero attached hydrogens (tertiary/aromatic N) is 1. The lowest BCUT2D eigenvalue weighted by molar-refractivity contribution is 0.138. The van der Waals surface area contributed by atoms with Gasteiger partial charge in [-0.05, 0) is 18.2 Å². The monoisotopic (exact) mass is 276 g/mol. The molecule has 2 heterocycles. The molecule has 2 N–H and O–H groups in total. The van der Waals surface area contributed by atoms with Crippen LogP contribution in [0, 0.1) is 0 Å². The predicted molar refractivity (Wildman–Crippen MR) is 72.8 cm³/mol. The first kappa shape index (κ1) is 12.8. The third kappa shape index (κ3) is 2.55. The van der Waals surface area contributed by atoms with Gasteiger partial charge < -0.3 is 24.5 Å². The maximum atomic E-state index is 5.92. The molecule has 1 fully saturated rings. The normalized spacial score (nSPS) is 18.1. The molecule has 1 aliphatic rings. The second-order valence-electron chi connectivity index (χ2n) is 4.59. The molecular formula is C14H16N2O4. The van der Waals surface area contributed by atoms with Gasteiger partial charge in [0, 0.05) is 18.1 Å². The zero-order chi connectivity index (χ0) is 13.9. The summed E-state index contributed by atoms with van der Waals surface area (Å²) in [5.74, 6) is 2.28. The van der Waals surface area contributed by atoms with E-state index in [4.69, 9.17) is 24.5 Å². The van der Waals surface area contributed by atoms with Crippen LogP contribution in [0.3, 0.4) is 0 Å². The van der Waals surface area contributed by atoms with Crippen molar-refractivity contribution in [2.75, 3.05) is 26.1 Å². The highest BCUT2D eigenvalue weighted by Gasteiger charge is 2.20. The summed E-state index contributed by atoms with van der Waals surface area (Å²) in [7, 11) is 1.61. The van der Waals surface area contributed by atoms with E-state index in [0.29, 0.717) is 29.7 Å². The van der Waals surface area contributed by atoms with Crippen LogP contribution in [-0.2, 0) is 4.74 Å². The lowest BCUT2D eigenvalue weighted by Gasteiger charge is -2.15. The first-order valence-corrected chi connectivity index (χ1v) is 6.41. The van der Waals surface area contributed by atoms with E-state index in [9.17, 15) is 0 Å². The number of methoxy groups -OCH3 is 1. The molecule has 1 unspecified atom stereocenters. The summed E-state index contributed by atoms with van der Waals surface area (Å²) in [6.07, 6.45) is 0.932. The molecule has 0 aliphatic carbocycles. The Bertz CT molecular complexity index is 591.